The molecule has 0 spiro atoms. The first kappa shape index (κ1) is 21.9. The standard InChI is InChI=1S/C18H13N.C15H14N2/c1-2-6-13(7-3-1)14-10-11-18-16(12-14)15-8-4-5-9-17(15)19-18;1-3-7-12(8-4-1)14-11-15(17-16-14)13-9-5-2-6-10-13/h1-12,19H;1-11,14,16-17H. The quantitative estimate of drug-likeness (QED) is 0.249. The molecule has 6 aromatic rings. The number of fused-ring (bicyclic) bond motifs is 3. The van der Waals surface area contributed by atoms with Gasteiger partial charge < -0.3 is 10.4 Å². The van der Waals surface area contributed by atoms with Crippen LogP contribution in [0.1, 0.15) is 17.2 Å². The minimum Gasteiger partial charge on any atom is -0.355 e. The van der Waals surface area contributed by atoms with Crippen LogP contribution in [0.2, 0.25) is 0 Å². The lowest BCUT2D eigenvalue weighted by Crippen LogP contribution is -2.26. The molecule has 3 heteroatoms. The van der Waals surface area contributed by atoms with Gasteiger partial charge in [0.25, 0.3) is 0 Å². The Hall–Kier alpha value is -4.60. The van der Waals surface area contributed by atoms with Gasteiger partial charge in [0.1, 0.15) is 0 Å². The van der Waals surface area contributed by atoms with Crippen LogP contribution >= 0.6 is 0 Å². The van der Waals surface area contributed by atoms with Crippen LogP contribution in [-0.2, 0) is 0 Å². The number of hydrazine groups is 1. The first-order valence-corrected chi connectivity index (χ1v) is 12.2. The predicted molar refractivity (Wildman–Crippen MR) is 151 cm³/mol. The smallest absolute Gasteiger partial charge is 0.0714 e. The topological polar surface area (TPSA) is 39.8 Å². The van der Waals surface area contributed by atoms with E-state index in [-0.39, 0.29) is 6.04 Å². The maximum atomic E-state index is 3.46. The van der Waals surface area contributed by atoms with Gasteiger partial charge in [0.2, 0.25) is 0 Å². The van der Waals surface area contributed by atoms with Gasteiger partial charge in [-0.3, -0.25) is 0 Å². The van der Waals surface area contributed by atoms with Crippen LogP contribution in [0.25, 0.3) is 38.6 Å². The van der Waals surface area contributed by atoms with Gasteiger partial charge in [-0.1, -0.05) is 115 Å². The van der Waals surface area contributed by atoms with E-state index in [0.29, 0.717) is 0 Å². The van der Waals surface area contributed by atoms with Crippen molar-refractivity contribution >= 4 is 27.5 Å². The van der Waals surface area contributed by atoms with E-state index in [2.05, 4.69) is 125 Å². The van der Waals surface area contributed by atoms with E-state index in [1.807, 2.05) is 30.3 Å². The summed E-state index contributed by atoms with van der Waals surface area (Å²) in [5.74, 6) is 0. The molecule has 3 N–H and O–H groups in total. The van der Waals surface area contributed by atoms with E-state index in [1.54, 1.807) is 0 Å². The summed E-state index contributed by atoms with van der Waals surface area (Å²) in [5.41, 5.74) is 15.0. The molecule has 1 unspecified atom stereocenters. The van der Waals surface area contributed by atoms with Gasteiger partial charge in [-0.05, 0) is 46.5 Å². The maximum Gasteiger partial charge on any atom is 0.0714 e. The van der Waals surface area contributed by atoms with E-state index < -0.39 is 0 Å². The lowest BCUT2D eigenvalue weighted by atomic mass is 10.0. The molecule has 36 heavy (non-hydrogen) atoms. The summed E-state index contributed by atoms with van der Waals surface area (Å²) in [4.78, 5) is 3.46. The molecule has 5 aromatic carbocycles. The van der Waals surface area contributed by atoms with E-state index in [1.165, 1.54) is 44.1 Å². The highest BCUT2D eigenvalue weighted by Crippen LogP contribution is 2.29. The third kappa shape index (κ3) is 4.52. The molecule has 0 aliphatic carbocycles. The van der Waals surface area contributed by atoms with Crippen LogP contribution < -0.4 is 10.9 Å². The Balaban J connectivity index is 0.000000134. The molecule has 1 aromatic heterocycles. The summed E-state index contributed by atoms with van der Waals surface area (Å²) >= 11 is 0. The molecule has 7 rings (SSSR count). The number of benzene rings is 5. The van der Waals surface area contributed by atoms with Crippen LogP contribution in [0.5, 0.6) is 0 Å². The SMILES string of the molecule is C1=C(c2ccccc2)NNC1c1ccccc1.c1ccc(-c2ccc3[nH]c4ccccc4c3c2)cc1. The Morgan fingerprint density at radius 3 is 1.83 bits per heavy atom. The molecule has 2 heterocycles. The summed E-state index contributed by atoms with van der Waals surface area (Å²) in [6.07, 6.45) is 2.21. The van der Waals surface area contributed by atoms with Crippen molar-refractivity contribution in [2.75, 3.05) is 0 Å². The highest BCUT2D eigenvalue weighted by molar-refractivity contribution is 6.08. The highest BCUT2D eigenvalue weighted by atomic mass is 15.4. The van der Waals surface area contributed by atoms with E-state index in [4.69, 9.17) is 0 Å². The maximum absolute atomic E-state index is 3.46. The van der Waals surface area contributed by atoms with Crippen LogP contribution in [-0.4, -0.2) is 4.98 Å². The Labute approximate surface area is 211 Å². The zero-order valence-corrected chi connectivity index (χ0v) is 19.9. The lowest BCUT2D eigenvalue weighted by molar-refractivity contribution is 0.616. The molecule has 1 atom stereocenters. The largest absolute Gasteiger partial charge is 0.355 e. The molecule has 0 radical (unpaired) electrons. The third-order valence-electron chi connectivity index (χ3n) is 6.55. The Bertz CT molecular complexity index is 1620. The van der Waals surface area contributed by atoms with Crippen molar-refractivity contribution in [1.82, 2.24) is 15.8 Å². The van der Waals surface area contributed by atoms with E-state index >= 15 is 0 Å². The molecule has 0 fully saturated rings. The Morgan fingerprint density at radius 1 is 0.472 bits per heavy atom. The fourth-order valence-corrected chi connectivity index (χ4v) is 4.69. The molecule has 0 amide bonds. The second-order valence-electron chi connectivity index (χ2n) is 8.90. The molecule has 0 saturated heterocycles. The summed E-state index contributed by atoms with van der Waals surface area (Å²) in [5, 5.41) is 2.58. The monoisotopic (exact) mass is 465 g/mol. The van der Waals surface area contributed by atoms with E-state index in [0.717, 1.165) is 5.70 Å². The van der Waals surface area contributed by atoms with Gasteiger partial charge in [0.15, 0.2) is 0 Å². The molecular weight excluding hydrogens is 438 g/mol. The van der Waals surface area contributed by atoms with Gasteiger partial charge in [-0.2, -0.15) is 0 Å². The third-order valence-corrected chi connectivity index (χ3v) is 6.55. The lowest BCUT2D eigenvalue weighted by Gasteiger charge is -2.08. The summed E-state index contributed by atoms with van der Waals surface area (Å²) in [6, 6.07) is 46.5. The number of aromatic nitrogens is 1. The molecule has 1 aliphatic rings. The number of H-pyrrole nitrogens is 1. The first-order valence-electron chi connectivity index (χ1n) is 12.2. The molecular formula is C33H27N3. The van der Waals surface area contributed by atoms with Gasteiger partial charge in [-0.15, -0.1) is 0 Å². The van der Waals surface area contributed by atoms with Gasteiger partial charge >= 0.3 is 0 Å². The van der Waals surface area contributed by atoms with Crippen LogP contribution in [0, 0.1) is 0 Å². The van der Waals surface area contributed by atoms with E-state index in [9.17, 15) is 0 Å². The van der Waals surface area contributed by atoms with Crippen LogP contribution in [0.4, 0.5) is 0 Å². The second kappa shape index (κ2) is 9.95. The van der Waals surface area contributed by atoms with Crippen molar-refractivity contribution in [2.24, 2.45) is 0 Å². The van der Waals surface area contributed by atoms with Crippen molar-refractivity contribution in [3.05, 3.63) is 151 Å². The molecule has 0 saturated carbocycles. The average Bonchev–Trinajstić information content (AvgIpc) is 3.60. The van der Waals surface area contributed by atoms with Gasteiger partial charge in [-0.25, -0.2) is 5.43 Å². The molecule has 3 nitrogen and oxygen atoms in total. The highest BCUT2D eigenvalue weighted by Gasteiger charge is 2.16. The Morgan fingerprint density at radius 2 is 1.08 bits per heavy atom. The number of rotatable bonds is 3. The zero-order valence-electron chi connectivity index (χ0n) is 19.9. The number of nitrogens with one attached hydrogen (secondary N) is 3. The number of hydrogen-bond acceptors (Lipinski definition) is 2. The van der Waals surface area contributed by atoms with Crippen molar-refractivity contribution in [2.45, 2.75) is 6.04 Å². The Kier molecular flexibility index (Phi) is 6.05. The van der Waals surface area contributed by atoms with Crippen LogP contribution in [0.3, 0.4) is 0 Å². The summed E-state index contributed by atoms with van der Waals surface area (Å²) in [7, 11) is 0. The normalized spacial score (nSPS) is 14.7. The fraction of sp³-hybridized carbons (Fsp3) is 0.0303. The van der Waals surface area contributed by atoms with Gasteiger partial charge in [0, 0.05) is 21.8 Å². The predicted octanol–water partition coefficient (Wildman–Crippen LogP) is 7.86. The minimum absolute atomic E-state index is 0.242. The molecule has 174 valence electrons. The summed E-state index contributed by atoms with van der Waals surface area (Å²) < 4.78 is 0. The summed E-state index contributed by atoms with van der Waals surface area (Å²) in [6.45, 7) is 0. The number of aromatic amines is 1. The zero-order chi connectivity index (χ0) is 24.2. The fourth-order valence-electron chi connectivity index (χ4n) is 4.69. The van der Waals surface area contributed by atoms with Gasteiger partial charge in [0.05, 0.1) is 11.7 Å². The van der Waals surface area contributed by atoms with Crippen molar-refractivity contribution in [3.8, 4) is 11.1 Å². The van der Waals surface area contributed by atoms with Crippen molar-refractivity contribution in [1.29, 1.82) is 0 Å². The van der Waals surface area contributed by atoms with Crippen molar-refractivity contribution < 1.29 is 0 Å². The first-order chi connectivity index (χ1) is 17.8. The number of para-hydroxylation sites is 1. The number of hydrogen-bond donors (Lipinski definition) is 3. The average molecular weight is 466 g/mol. The second-order valence-corrected chi connectivity index (χ2v) is 8.90. The molecule has 0 bridgehead atoms. The molecule has 1 aliphatic heterocycles. The minimum atomic E-state index is 0.242. The van der Waals surface area contributed by atoms with Crippen molar-refractivity contribution in [3.63, 3.8) is 0 Å². The van der Waals surface area contributed by atoms with Crippen LogP contribution in [0.15, 0.2) is 140 Å².